The van der Waals surface area contributed by atoms with E-state index in [2.05, 4.69) is 48.1 Å². The standard InChI is InChI=1S/C29H42BrNO6/c1-28(2,3)21-15-22(27(23(30)16-21)36-19-35-14-13-34-7)24(17-26(33)37-29(4,5)6)31-25(18-32)20-11-9-8-10-12-20/h8-12,15-16,24-25,31-32H,13-14,17-19H2,1-7H3. The van der Waals surface area contributed by atoms with E-state index in [9.17, 15) is 9.90 Å². The van der Waals surface area contributed by atoms with Crippen LogP contribution in [0.5, 0.6) is 5.75 Å². The molecule has 0 aliphatic heterocycles. The number of esters is 1. The highest BCUT2D eigenvalue weighted by molar-refractivity contribution is 9.10. The molecule has 0 saturated carbocycles. The number of hydrogen-bond acceptors (Lipinski definition) is 7. The number of rotatable bonds is 13. The minimum atomic E-state index is -0.625. The number of ether oxygens (including phenoxy) is 4. The third-order valence-electron chi connectivity index (χ3n) is 5.61. The second kappa shape index (κ2) is 14.3. The fourth-order valence-corrected chi connectivity index (χ4v) is 4.34. The monoisotopic (exact) mass is 579 g/mol. The quantitative estimate of drug-likeness (QED) is 0.175. The molecule has 0 bridgehead atoms. The van der Waals surface area contributed by atoms with Crippen LogP contribution in [-0.4, -0.2) is 50.4 Å². The number of halogens is 1. The van der Waals surface area contributed by atoms with E-state index >= 15 is 0 Å². The summed E-state index contributed by atoms with van der Waals surface area (Å²) in [6.45, 7) is 12.6. The maximum absolute atomic E-state index is 13.0. The molecular weight excluding hydrogens is 538 g/mol. The van der Waals surface area contributed by atoms with E-state index in [1.54, 1.807) is 7.11 Å². The van der Waals surface area contributed by atoms with Crippen LogP contribution < -0.4 is 10.1 Å². The van der Waals surface area contributed by atoms with Crippen LogP contribution in [0.4, 0.5) is 0 Å². The van der Waals surface area contributed by atoms with Gasteiger partial charge >= 0.3 is 5.97 Å². The lowest BCUT2D eigenvalue weighted by Gasteiger charge is -2.30. The Balaban J connectivity index is 2.53. The molecule has 0 radical (unpaired) electrons. The van der Waals surface area contributed by atoms with Crippen molar-refractivity contribution in [2.75, 3.05) is 33.7 Å². The first-order valence-corrected chi connectivity index (χ1v) is 13.3. The van der Waals surface area contributed by atoms with Crippen LogP contribution in [0.2, 0.25) is 0 Å². The maximum Gasteiger partial charge on any atom is 0.308 e. The number of nitrogens with one attached hydrogen (secondary N) is 1. The van der Waals surface area contributed by atoms with Crippen LogP contribution in [-0.2, 0) is 24.4 Å². The molecule has 2 rings (SSSR count). The molecule has 0 saturated heterocycles. The van der Waals surface area contributed by atoms with E-state index in [1.807, 2.05) is 57.2 Å². The van der Waals surface area contributed by atoms with Gasteiger partial charge in [0.25, 0.3) is 0 Å². The largest absolute Gasteiger partial charge is 0.466 e. The summed E-state index contributed by atoms with van der Waals surface area (Å²) in [4.78, 5) is 13.0. The van der Waals surface area contributed by atoms with Crippen LogP contribution >= 0.6 is 15.9 Å². The average Bonchev–Trinajstić information content (AvgIpc) is 2.81. The molecule has 2 unspecified atom stereocenters. The lowest BCUT2D eigenvalue weighted by molar-refractivity contribution is -0.155. The van der Waals surface area contributed by atoms with E-state index in [4.69, 9.17) is 18.9 Å². The van der Waals surface area contributed by atoms with E-state index in [0.29, 0.717) is 19.0 Å². The second-order valence-electron chi connectivity index (χ2n) is 10.9. The van der Waals surface area contributed by atoms with Crippen LogP contribution in [0.25, 0.3) is 0 Å². The Morgan fingerprint density at radius 1 is 1.03 bits per heavy atom. The number of hydrogen-bond donors (Lipinski definition) is 2. The summed E-state index contributed by atoms with van der Waals surface area (Å²) >= 11 is 3.69. The van der Waals surface area contributed by atoms with Gasteiger partial charge in [-0.05, 0) is 65.4 Å². The fraction of sp³-hybridized carbons (Fsp3) is 0.552. The zero-order valence-electron chi connectivity index (χ0n) is 23.1. The Hall–Kier alpha value is -1.97. The summed E-state index contributed by atoms with van der Waals surface area (Å²) in [7, 11) is 1.61. The normalized spacial score (nSPS) is 13.8. The lowest BCUT2D eigenvalue weighted by atomic mass is 9.84. The summed E-state index contributed by atoms with van der Waals surface area (Å²) in [6.07, 6.45) is 0.0432. The van der Waals surface area contributed by atoms with Crippen molar-refractivity contribution in [1.82, 2.24) is 5.32 Å². The number of methoxy groups -OCH3 is 1. The van der Waals surface area contributed by atoms with Gasteiger partial charge in [0.05, 0.1) is 36.8 Å². The van der Waals surface area contributed by atoms with Crippen molar-refractivity contribution in [1.29, 1.82) is 0 Å². The lowest BCUT2D eigenvalue weighted by Crippen LogP contribution is -2.33. The third-order valence-corrected chi connectivity index (χ3v) is 6.20. The molecule has 0 aliphatic carbocycles. The smallest absolute Gasteiger partial charge is 0.308 e. The zero-order chi connectivity index (χ0) is 27.6. The third kappa shape index (κ3) is 10.4. The van der Waals surface area contributed by atoms with Gasteiger partial charge in [0, 0.05) is 18.7 Å². The van der Waals surface area contributed by atoms with Crippen molar-refractivity contribution in [2.24, 2.45) is 0 Å². The molecule has 0 heterocycles. The first kappa shape index (κ1) is 31.2. The van der Waals surface area contributed by atoms with Crippen molar-refractivity contribution >= 4 is 21.9 Å². The summed E-state index contributed by atoms with van der Waals surface area (Å²) < 4.78 is 23.1. The van der Waals surface area contributed by atoms with Crippen molar-refractivity contribution < 1.29 is 28.8 Å². The average molecular weight is 581 g/mol. The number of aliphatic hydroxyl groups is 1. The Bertz CT molecular complexity index is 984. The van der Waals surface area contributed by atoms with Crippen molar-refractivity contribution in [3.63, 3.8) is 0 Å². The molecule has 2 N–H and O–H groups in total. The van der Waals surface area contributed by atoms with E-state index < -0.39 is 17.7 Å². The molecule has 2 aromatic carbocycles. The number of carbonyl (C=O) groups excluding carboxylic acids is 1. The second-order valence-corrected chi connectivity index (χ2v) is 11.8. The Morgan fingerprint density at radius 3 is 2.27 bits per heavy atom. The van der Waals surface area contributed by atoms with Gasteiger partial charge < -0.3 is 29.4 Å². The van der Waals surface area contributed by atoms with Gasteiger partial charge in [-0.15, -0.1) is 0 Å². The summed E-state index contributed by atoms with van der Waals surface area (Å²) in [6, 6.07) is 12.8. The number of benzene rings is 2. The van der Waals surface area contributed by atoms with Crippen molar-refractivity contribution in [3.8, 4) is 5.75 Å². The van der Waals surface area contributed by atoms with Gasteiger partial charge in [-0.3, -0.25) is 4.79 Å². The van der Waals surface area contributed by atoms with Crippen molar-refractivity contribution in [2.45, 2.75) is 71.1 Å². The molecule has 0 spiro atoms. The number of carbonyl (C=O) groups is 1. The van der Waals surface area contributed by atoms with Gasteiger partial charge in [-0.25, -0.2) is 0 Å². The van der Waals surface area contributed by atoms with Gasteiger partial charge in [-0.1, -0.05) is 51.1 Å². The summed E-state index contributed by atoms with van der Waals surface area (Å²) in [5, 5.41) is 13.8. The molecule has 0 amide bonds. The minimum absolute atomic E-state index is 0.0189. The molecule has 2 aromatic rings. The highest BCUT2D eigenvalue weighted by Crippen LogP contribution is 2.40. The molecule has 0 aromatic heterocycles. The first-order valence-electron chi connectivity index (χ1n) is 12.5. The Labute approximate surface area is 230 Å². The molecule has 206 valence electrons. The predicted octanol–water partition coefficient (Wildman–Crippen LogP) is 5.84. The topological polar surface area (TPSA) is 86.3 Å². The number of aliphatic hydroxyl groups excluding tert-OH is 1. The van der Waals surface area contributed by atoms with Crippen LogP contribution in [0.1, 0.15) is 76.7 Å². The van der Waals surface area contributed by atoms with E-state index in [1.165, 1.54) is 0 Å². The summed E-state index contributed by atoms with van der Waals surface area (Å²) in [5.41, 5.74) is 1.97. The fourth-order valence-electron chi connectivity index (χ4n) is 3.75. The highest BCUT2D eigenvalue weighted by Gasteiger charge is 2.29. The van der Waals surface area contributed by atoms with Gasteiger partial charge in [0.15, 0.2) is 6.79 Å². The van der Waals surface area contributed by atoms with Crippen LogP contribution in [0.3, 0.4) is 0 Å². The Kier molecular flexibility index (Phi) is 12.0. The van der Waals surface area contributed by atoms with Gasteiger partial charge in [0.2, 0.25) is 0 Å². The molecular formula is C29H42BrNO6. The SMILES string of the molecule is COCCOCOc1c(Br)cc(C(C)(C)C)cc1C(CC(=O)OC(C)(C)C)NC(CO)c1ccccc1. The molecule has 2 atom stereocenters. The van der Waals surface area contributed by atoms with Gasteiger partial charge in [-0.2, -0.15) is 0 Å². The predicted molar refractivity (Wildman–Crippen MR) is 149 cm³/mol. The molecule has 0 fully saturated rings. The molecule has 8 heteroatoms. The van der Waals surface area contributed by atoms with Crippen LogP contribution in [0, 0.1) is 0 Å². The van der Waals surface area contributed by atoms with Crippen LogP contribution in [0.15, 0.2) is 46.9 Å². The van der Waals surface area contributed by atoms with E-state index in [0.717, 1.165) is 21.2 Å². The van der Waals surface area contributed by atoms with E-state index in [-0.39, 0.29) is 31.2 Å². The molecule has 7 nitrogen and oxygen atoms in total. The minimum Gasteiger partial charge on any atom is -0.466 e. The highest BCUT2D eigenvalue weighted by atomic mass is 79.9. The first-order chi connectivity index (χ1) is 17.4. The zero-order valence-corrected chi connectivity index (χ0v) is 24.7. The maximum atomic E-state index is 13.0. The van der Waals surface area contributed by atoms with Crippen molar-refractivity contribution in [3.05, 3.63) is 63.6 Å². The molecule has 37 heavy (non-hydrogen) atoms. The Morgan fingerprint density at radius 2 is 1.70 bits per heavy atom. The molecule has 0 aliphatic rings. The summed E-state index contributed by atoms with van der Waals surface area (Å²) in [5.74, 6) is 0.213. The van der Waals surface area contributed by atoms with Gasteiger partial charge in [0.1, 0.15) is 11.4 Å².